The summed E-state index contributed by atoms with van der Waals surface area (Å²) in [7, 11) is 1.88. The smallest absolute Gasteiger partial charge is 0.309 e. The Kier molecular flexibility index (Phi) is 9.43. The summed E-state index contributed by atoms with van der Waals surface area (Å²) in [4.78, 5) is 39.0. The molecule has 9 heteroatoms. The summed E-state index contributed by atoms with van der Waals surface area (Å²) in [6.07, 6.45) is 4.96. The molecule has 0 bridgehead atoms. The number of nitrogens with one attached hydrogen (secondary N) is 2. The summed E-state index contributed by atoms with van der Waals surface area (Å²) in [5.74, 6) is -0.843. The Bertz CT molecular complexity index is 550. The summed E-state index contributed by atoms with van der Waals surface area (Å²) < 4.78 is 0. The third-order valence-electron chi connectivity index (χ3n) is 4.68. The highest BCUT2D eigenvalue weighted by atomic mass is 35.5. The number of nitrogens with zero attached hydrogens (tertiary/aromatic N) is 2. The molecule has 1 aliphatic heterocycles. The minimum Gasteiger partial charge on any atom is -0.352 e. The van der Waals surface area contributed by atoms with E-state index in [0.717, 1.165) is 44.4 Å². The maximum Gasteiger partial charge on any atom is 0.309 e. The summed E-state index contributed by atoms with van der Waals surface area (Å²) in [5.41, 5.74) is 2.33. The lowest BCUT2D eigenvalue weighted by Gasteiger charge is -2.25. The molecule has 0 spiro atoms. The predicted molar refractivity (Wildman–Crippen MR) is 106 cm³/mol. The van der Waals surface area contributed by atoms with E-state index in [1.54, 1.807) is 0 Å². The summed E-state index contributed by atoms with van der Waals surface area (Å²) >= 11 is 1.53. The van der Waals surface area contributed by atoms with Crippen molar-refractivity contribution in [3.8, 4) is 0 Å². The number of rotatable bonds is 6. The van der Waals surface area contributed by atoms with Crippen LogP contribution in [0, 0.1) is 11.8 Å². The molecule has 0 unspecified atom stereocenters. The number of thioether (sulfide) groups is 1. The van der Waals surface area contributed by atoms with Gasteiger partial charge in [0.1, 0.15) is 0 Å². The monoisotopic (exact) mass is 404 g/mol. The molecular weight excluding hydrogens is 376 g/mol. The molecular formula is C17H29ClN4O3S. The van der Waals surface area contributed by atoms with Gasteiger partial charge in [-0.05, 0) is 18.8 Å². The SMILES string of the molecule is CC(C)[C@@H](NC(=O)C1CCCCC1)C(=O)C(=O)NN=C1SCCN1C.Cl. The fourth-order valence-electron chi connectivity index (χ4n) is 3.06. The van der Waals surface area contributed by atoms with Crippen LogP contribution >= 0.6 is 24.2 Å². The molecule has 2 N–H and O–H groups in total. The maximum absolute atomic E-state index is 12.5. The van der Waals surface area contributed by atoms with E-state index in [9.17, 15) is 14.4 Å². The van der Waals surface area contributed by atoms with Gasteiger partial charge in [-0.2, -0.15) is 0 Å². The zero-order valence-electron chi connectivity index (χ0n) is 15.6. The Hall–Kier alpha value is -1.28. The number of hydrogen-bond acceptors (Lipinski definition) is 5. The Morgan fingerprint density at radius 1 is 1.19 bits per heavy atom. The molecule has 7 nitrogen and oxygen atoms in total. The van der Waals surface area contributed by atoms with E-state index in [2.05, 4.69) is 15.8 Å². The van der Waals surface area contributed by atoms with Gasteiger partial charge in [0.05, 0.1) is 6.04 Å². The molecule has 2 fully saturated rings. The first-order valence-corrected chi connectivity index (χ1v) is 9.95. The normalized spacial score (nSPS) is 20.6. The molecule has 26 heavy (non-hydrogen) atoms. The second kappa shape index (κ2) is 10.8. The lowest BCUT2D eigenvalue weighted by Crippen LogP contribution is -2.51. The molecule has 0 radical (unpaired) electrons. The Morgan fingerprint density at radius 3 is 2.38 bits per heavy atom. The fraction of sp³-hybridized carbons (Fsp3) is 0.765. The van der Waals surface area contributed by atoms with Crippen LogP contribution in [0.15, 0.2) is 5.10 Å². The number of carbonyl (C=O) groups is 3. The van der Waals surface area contributed by atoms with E-state index in [0.29, 0.717) is 5.17 Å². The highest BCUT2D eigenvalue weighted by Crippen LogP contribution is 2.24. The average molecular weight is 405 g/mol. The van der Waals surface area contributed by atoms with Crippen molar-refractivity contribution in [3.63, 3.8) is 0 Å². The molecule has 2 aliphatic rings. The number of Topliss-reactive ketones (excluding diaryl/α,β-unsaturated/α-hetero) is 1. The van der Waals surface area contributed by atoms with E-state index < -0.39 is 17.7 Å². The van der Waals surface area contributed by atoms with Gasteiger partial charge in [-0.1, -0.05) is 44.9 Å². The standard InChI is InChI=1S/C17H28N4O3S.ClH/c1-11(2)13(18-15(23)12-7-5-4-6-8-12)14(22)16(24)19-20-17-21(3)9-10-25-17;/h11-13H,4-10H2,1-3H3,(H,18,23)(H,19,24);1H/t13-;/m1./s1. The van der Waals surface area contributed by atoms with Crippen LogP contribution in [0.1, 0.15) is 46.0 Å². The van der Waals surface area contributed by atoms with Crippen LogP contribution < -0.4 is 10.7 Å². The van der Waals surface area contributed by atoms with Gasteiger partial charge in [-0.15, -0.1) is 17.5 Å². The van der Waals surface area contributed by atoms with Gasteiger partial charge in [-0.25, -0.2) is 5.43 Å². The van der Waals surface area contributed by atoms with Crippen LogP contribution in [0.25, 0.3) is 0 Å². The number of amides is 2. The zero-order valence-corrected chi connectivity index (χ0v) is 17.3. The summed E-state index contributed by atoms with van der Waals surface area (Å²) in [6.45, 7) is 4.51. The molecule has 0 aromatic rings. The van der Waals surface area contributed by atoms with Crippen LogP contribution in [0.4, 0.5) is 0 Å². The van der Waals surface area contributed by atoms with Crippen LogP contribution in [0.2, 0.25) is 0 Å². The molecule has 0 aromatic carbocycles. The largest absolute Gasteiger partial charge is 0.352 e. The first-order chi connectivity index (χ1) is 11.9. The highest BCUT2D eigenvalue weighted by Gasteiger charge is 2.32. The number of halogens is 1. The van der Waals surface area contributed by atoms with Crippen LogP contribution in [-0.2, 0) is 14.4 Å². The molecule has 2 amide bonds. The van der Waals surface area contributed by atoms with Gasteiger partial charge < -0.3 is 10.2 Å². The Balaban J connectivity index is 0.00000338. The minimum atomic E-state index is -0.816. The number of carbonyl (C=O) groups excluding carboxylic acids is 3. The van der Waals surface area contributed by atoms with Crippen molar-refractivity contribution in [1.29, 1.82) is 0 Å². The van der Waals surface area contributed by atoms with E-state index in [4.69, 9.17) is 0 Å². The van der Waals surface area contributed by atoms with Crippen molar-refractivity contribution < 1.29 is 14.4 Å². The average Bonchev–Trinajstić information content (AvgIpc) is 3.02. The lowest BCUT2D eigenvalue weighted by molar-refractivity contribution is -0.141. The summed E-state index contributed by atoms with van der Waals surface area (Å²) in [5, 5.41) is 7.49. The quantitative estimate of drug-likeness (QED) is 0.520. The first-order valence-electron chi connectivity index (χ1n) is 8.96. The molecule has 2 rings (SSSR count). The van der Waals surface area contributed by atoms with Gasteiger partial charge in [0.25, 0.3) is 0 Å². The van der Waals surface area contributed by atoms with Gasteiger partial charge >= 0.3 is 5.91 Å². The highest BCUT2D eigenvalue weighted by molar-refractivity contribution is 8.14. The third-order valence-corrected chi connectivity index (χ3v) is 5.73. The maximum atomic E-state index is 12.5. The molecule has 148 valence electrons. The van der Waals surface area contributed by atoms with E-state index in [-0.39, 0.29) is 30.2 Å². The second-order valence-corrected chi connectivity index (χ2v) is 8.10. The van der Waals surface area contributed by atoms with Crippen molar-refractivity contribution >= 4 is 46.9 Å². The van der Waals surface area contributed by atoms with Gasteiger partial charge in [0.2, 0.25) is 11.7 Å². The number of amidine groups is 1. The first kappa shape index (κ1) is 22.8. The Labute approximate surface area is 165 Å². The summed E-state index contributed by atoms with van der Waals surface area (Å²) in [6, 6.07) is -0.816. The topological polar surface area (TPSA) is 90.9 Å². The van der Waals surface area contributed by atoms with Crippen molar-refractivity contribution in [2.75, 3.05) is 19.3 Å². The van der Waals surface area contributed by atoms with E-state index in [1.165, 1.54) is 11.8 Å². The van der Waals surface area contributed by atoms with Crippen LogP contribution in [-0.4, -0.2) is 53.1 Å². The fourth-order valence-corrected chi connectivity index (χ4v) is 4.03. The molecule has 1 saturated heterocycles. The Morgan fingerprint density at radius 2 is 1.85 bits per heavy atom. The zero-order chi connectivity index (χ0) is 18.4. The third kappa shape index (κ3) is 6.16. The minimum absolute atomic E-state index is 0. The van der Waals surface area contributed by atoms with Gasteiger partial charge in [-0.3, -0.25) is 14.4 Å². The van der Waals surface area contributed by atoms with E-state index >= 15 is 0 Å². The number of hydrogen-bond donors (Lipinski definition) is 2. The predicted octanol–water partition coefficient (Wildman–Crippen LogP) is 1.76. The van der Waals surface area contributed by atoms with Crippen molar-refractivity contribution in [3.05, 3.63) is 0 Å². The van der Waals surface area contributed by atoms with Gasteiger partial charge in [0.15, 0.2) is 5.17 Å². The molecule has 0 aromatic heterocycles. The van der Waals surface area contributed by atoms with E-state index in [1.807, 2.05) is 25.8 Å². The molecule has 1 heterocycles. The molecule has 1 saturated carbocycles. The van der Waals surface area contributed by atoms with Crippen LogP contribution in [0.5, 0.6) is 0 Å². The number of ketones is 1. The molecule has 1 atom stereocenters. The van der Waals surface area contributed by atoms with Crippen molar-refractivity contribution in [2.24, 2.45) is 16.9 Å². The number of hydrazone groups is 1. The van der Waals surface area contributed by atoms with Gasteiger partial charge in [0, 0.05) is 25.3 Å². The lowest BCUT2D eigenvalue weighted by atomic mass is 9.88. The van der Waals surface area contributed by atoms with Crippen molar-refractivity contribution in [2.45, 2.75) is 52.0 Å². The second-order valence-electron chi connectivity index (χ2n) is 7.03. The van der Waals surface area contributed by atoms with Crippen molar-refractivity contribution in [1.82, 2.24) is 15.6 Å². The van der Waals surface area contributed by atoms with Crippen LogP contribution in [0.3, 0.4) is 0 Å². The molecule has 1 aliphatic carbocycles.